The zero-order chi connectivity index (χ0) is 12.4. The van der Waals surface area contributed by atoms with Crippen LogP contribution in [0, 0.1) is 5.82 Å². The number of aromatic nitrogens is 2. The lowest BCUT2D eigenvalue weighted by Crippen LogP contribution is -2.17. The van der Waals surface area contributed by atoms with Gasteiger partial charge in [0, 0.05) is 25.2 Å². The Hall–Kier alpha value is -1.62. The largest absolute Gasteiger partial charge is 0.353 e. The molecule has 1 aromatic heterocycles. The van der Waals surface area contributed by atoms with E-state index in [0.29, 0.717) is 18.6 Å². The zero-order valence-corrected chi connectivity index (χ0v) is 10.1. The van der Waals surface area contributed by atoms with Crippen LogP contribution in [0.1, 0.15) is 13.8 Å². The molecule has 0 aliphatic heterocycles. The average Bonchev–Trinajstić information content (AvgIpc) is 2.55. The summed E-state index contributed by atoms with van der Waals surface area (Å²) in [5, 5.41) is 3.24. The van der Waals surface area contributed by atoms with Crippen LogP contribution in [0.3, 0.4) is 0 Å². The number of nitrogens with one attached hydrogen (secondary N) is 1. The predicted octanol–water partition coefficient (Wildman–Crippen LogP) is 1.95. The summed E-state index contributed by atoms with van der Waals surface area (Å²) in [6.45, 7) is 5.26. The summed E-state index contributed by atoms with van der Waals surface area (Å²) in [5.74, 6) is 0.469. The summed E-state index contributed by atoms with van der Waals surface area (Å²) < 4.78 is 15.1. The molecule has 0 aliphatic rings. The van der Waals surface area contributed by atoms with Gasteiger partial charge >= 0.3 is 0 Å². The van der Waals surface area contributed by atoms with Crippen molar-refractivity contribution < 1.29 is 4.39 Å². The Kier molecular flexibility index (Phi) is 3.28. The van der Waals surface area contributed by atoms with Crippen molar-refractivity contribution in [2.45, 2.75) is 26.4 Å². The van der Waals surface area contributed by atoms with E-state index < -0.39 is 0 Å². The van der Waals surface area contributed by atoms with Crippen LogP contribution in [-0.2, 0) is 6.54 Å². The Morgan fingerprint density at radius 1 is 1.47 bits per heavy atom. The van der Waals surface area contributed by atoms with Gasteiger partial charge < -0.3 is 15.6 Å². The summed E-state index contributed by atoms with van der Waals surface area (Å²) in [6.07, 6.45) is 0. The molecule has 0 fully saturated rings. The number of hydrogen-bond donors (Lipinski definition) is 2. The van der Waals surface area contributed by atoms with Crippen molar-refractivity contribution in [2.24, 2.45) is 5.73 Å². The van der Waals surface area contributed by atoms with Crippen LogP contribution >= 0.6 is 0 Å². The molecule has 0 aliphatic carbocycles. The minimum absolute atomic E-state index is 0.271. The fraction of sp³-hybridized carbons (Fsp3) is 0.417. The van der Waals surface area contributed by atoms with Gasteiger partial charge in [0.2, 0.25) is 5.95 Å². The number of fused-ring (bicyclic) bond motifs is 1. The number of halogens is 1. The van der Waals surface area contributed by atoms with Gasteiger partial charge in [-0.3, -0.25) is 0 Å². The molecule has 1 heterocycles. The Morgan fingerprint density at radius 3 is 2.88 bits per heavy atom. The first-order valence-corrected chi connectivity index (χ1v) is 5.74. The minimum atomic E-state index is -0.272. The highest BCUT2D eigenvalue weighted by atomic mass is 19.1. The van der Waals surface area contributed by atoms with E-state index in [1.165, 1.54) is 12.1 Å². The fourth-order valence-electron chi connectivity index (χ4n) is 1.83. The highest BCUT2D eigenvalue weighted by Crippen LogP contribution is 2.20. The highest BCUT2D eigenvalue weighted by molar-refractivity contribution is 5.78. The van der Waals surface area contributed by atoms with Gasteiger partial charge in [-0.05, 0) is 26.0 Å². The van der Waals surface area contributed by atoms with Crippen molar-refractivity contribution in [3.8, 4) is 0 Å². The van der Waals surface area contributed by atoms with Crippen molar-refractivity contribution in [2.75, 3.05) is 11.9 Å². The molecule has 0 radical (unpaired) electrons. The van der Waals surface area contributed by atoms with Crippen LogP contribution in [0.25, 0.3) is 11.0 Å². The number of anilines is 1. The normalized spacial score (nSPS) is 11.4. The Labute approximate surface area is 99.6 Å². The molecular formula is C12H17FN4. The maximum absolute atomic E-state index is 13.1. The lowest BCUT2D eigenvalue weighted by molar-refractivity contribution is 0.629. The van der Waals surface area contributed by atoms with E-state index in [2.05, 4.69) is 10.3 Å². The SMILES string of the molecule is CC(C)Nc1nc2cc(F)ccc2n1CCN. The second-order valence-electron chi connectivity index (χ2n) is 4.31. The van der Waals surface area contributed by atoms with Crippen molar-refractivity contribution in [1.29, 1.82) is 0 Å². The number of nitrogens with zero attached hydrogens (tertiary/aromatic N) is 2. The molecule has 0 spiro atoms. The highest BCUT2D eigenvalue weighted by Gasteiger charge is 2.11. The van der Waals surface area contributed by atoms with Crippen molar-refractivity contribution in [1.82, 2.24) is 9.55 Å². The predicted molar refractivity (Wildman–Crippen MR) is 67.5 cm³/mol. The molecule has 0 saturated heterocycles. The van der Waals surface area contributed by atoms with Gasteiger partial charge in [0.1, 0.15) is 5.82 Å². The molecule has 2 rings (SSSR count). The number of rotatable bonds is 4. The molecule has 2 aromatic rings. The van der Waals surface area contributed by atoms with E-state index in [-0.39, 0.29) is 11.9 Å². The molecule has 4 nitrogen and oxygen atoms in total. The lowest BCUT2D eigenvalue weighted by Gasteiger charge is -2.11. The van der Waals surface area contributed by atoms with Crippen molar-refractivity contribution in [3.63, 3.8) is 0 Å². The Balaban J connectivity index is 2.53. The average molecular weight is 236 g/mol. The van der Waals surface area contributed by atoms with E-state index in [4.69, 9.17) is 5.73 Å². The van der Waals surface area contributed by atoms with Crippen molar-refractivity contribution >= 4 is 17.0 Å². The fourth-order valence-corrected chi connectivity index (χ4v) is 1.83. The summed E-state index contributed by atoms with van der Waals surface area (Å²) in [4.78, 5) is 4.39. The Bertz CT molecular complexity index is 518. The number of hydrogen-bond acceptors (Lipinski definition) is 3. The van der Waals surface area contributed by atoms with Crippen LogP contribution in [0.2, 0.25) is 0 Å². The standard InChI is InChI=1S/C12H17FN4/c1-8(2)15-12-16-10-7-9(13)3-4-11(10)17(12)6-5-14/h3-4,7-8H,5-6,14H2,1-2H3,(H,15,16). The van der Waals surface area contributed by atoms with Gasteiger partial charge in [-0.1, -0.05) is 0 Å². The van der Waals surface area contributed by atoms with Gasteiger partial charge in [-0.15, -0.1) is 0 Å². The van der Waals surface area contributed by atoms with Crippen LogP contribution in [0.15, 0.2) is 18.2 Å². The van der Waals surface area contributed by atoms with Gasteiger partial charge in [0.15, 0.2) is 0 Å². The molecule has 3 N–H and O–H groups in total. The minimum Gasteiger partial charge on any atom is -0.353 e. The van der Waals surface area contributed by atoms with Gasteiger partial charge in [0.05, 0.1) is 11.0 Å². The number of benzene rings is 1. The third-order valence-corrected chi connectivity index (χ3v) is 2.48. The van der Waals surface area contributed by atoms with Crippen LogP contribution in [-0.4, -0.2) is 22.1 Å². The first-order chi connectivity index (χ1) is 8.11. The van der Waals surface area contributed by atoms with E-state index >= 15 is 0 Å². The zero-order valence-electron chi connectivity index (χ0n) is 10.1. The van der Waals surface area contributed by atoms with E-state index in [1.54, 1.807) is 6.07 Å². The summed E-state index contributed by atoms with van der Waals surface area (Å²) in [6, 6.07) is 4.89. The van der Waals surface area contributed by atoms with E-state index in [9.17, 15) is 4.39 Å². The first-order valence-electron chi connectivity index (χ1n) is 5.74. The molecule has 0 amide bonds. The molecule has 5 heteroatoms. The summed E-state index contributed by atoms with van der Waals surface area (Å²) in [5.41, 5.74) is 7.15. The molecule has 17 heavy (non-hydrogen) atoms. The van der Waals surface area contributed by atoms with E-state index in [1.807, 2.05) is 18.4 Å². The molecule has 0 saturated carbocycles. The second-order valence-corrected chi connectivity index (χ2v) is 4.31. The van der Waals surface area contributed by atoms with Crippen LogP contribution in [0.5, 0.6) is 0 Å². The summed E-state index contributed by atoms with van der Waals surface area (Å²) in [7, 11) is 0. The lowest BCUT2D eigenvalue weighted by atomic mass is 10.3. The van der Waals surface area contributed by atoms with Gasteiger partial charge in [-0.2, -0.15) is 0 Å². The maximum atomic E-state index is 13.1. The van der Waals surface area contributed by atoms with Gasteiger partial charge in [0.25, 0.3) is 0 Å². The first kappa shape index (κ1) is 11.9. The topological polar surface area (TPSA) is 55.9 Å². The maximum Gasteiger partial charge on any atom is 0.204 e. The quantitative estimate of drug-likeness (QED) is 0.853. The van der Waals surface area contributed by atoms with Crippen LogP contribution < -0.4 is 11.1 Å². The second kappa shape index (κ2) is 4.71. The monoisotopic (exact) mass is 236 g/mol. The molecule has 0 atom stereocenters. The third-order valence-electron chi connectivity index (χ3n) is 2.48. The van der Waals surface area contributed by atoms with Gasteiger partial charge in [-0.25, -0.2) is 9.37 Å². The molecule has 0 unspecified atom stereocenters. The van der Waals surface area contributed by atoms with Crippen molar-refractivity contribution in [3.05, 3.63) is 24.0 Å². The molecule has 0 bridgehead atoms. The van der Waals surface area contributed by atoms with E-state index in [0.717, 1.165) is 11.5 Å². The third kappa shape index (κ3) is 2.39. The number of nitrogens with two attached hydrogens (primary N) is 1. The molecular weight excluding hydrogens is 219 g/mol. The molecule has 1 aromatic carbocycles. The van der Waals surface area contributed by atoms with Crippen LogP contribution in [0.4, 0.5) is 10.3 Å². The Morgan fingerprint density at radius 2 is 2.24 bits per heavy atom. The smallest absolute Gasteiger partial charge is 0.204 e. The summed E-state index contributed by atoms with van der Waals surface area (Å²) >= 11 is 0. The molecule has 92 valence electrons. The number of imidazole rings is 1.